The number of nitriles is 1. The Labute approximate surface area is 86.6 Å². The Kier molecular flexibility index (Phi) is 4.92. The molecule has 0 amide bonds. The van der Waals surface area contributed by atoms with Gasteiger partial charge in [0.25, 0.3) is 0 Å². The molecule has 14 heavy (non-hydrogen) atoms. The first kappa shape index (κ1) is 11.5. The smallest absolute Gasteiger partial charge is 0.0666 e. The van der Waals surface area contributed by atoms with Crippen LogP contribution in [0.4, 0.5) is 0 Å². The van der Waals surface area contributed by atoms with Crippen LogP contribution < -0.4 is 0 Å². The Balaban J connectivity index is 2.08. The first-order valence-corrected chi connectivity index (χ1v) is 5.42. The summed E-state index contributed by atoms with van der Waals surface area (Å²) in [5, 5.41) is 8.66. The van der Waals surface area contributed by atoms with Crippen molar-refractivity contribution in [1.29, 1.82) is 5.26 Å². The Bertz CT molecular complexity index is 194. The van der Waals surface area contributed by atoms with Gasteiger partial charge in [-0.2, -0.15) is 5.26 Å². The molecule has 3 heteroatoms. The zero-order valence-corrected chi connectivity index (χ0v) is 9.20. The SMILES string of the molecule is CC(C#N)CN(C)CCC1CCCO1. The van der Waals surface area contributed by atoms with Gasteiger partial charge < -0.3 is 9.64 Å². The van der Waals surface area contributed by atoms with Gasteiger partial charge in [-0.1, -0.05) is 0 Å². The van der Waals surface area contributed by atoms with Gasteiger partial charge in [0.15, 0.2) is 0 Å². The lowest BCUT2D eigenvalue weighted by Crippen LogP contribution is -2.27. The van der Waals surface area contributed by atoms with Gasteiger partial charge in [0.1, 0.15) is 0 Å². The second-order valence-electron chi connectivity index (χ2n) is 4.22. The summed E-state index contributed by atoms with van der Waals surface area (Å²) in [4.78, 5) is 2.22. The van der Waals surface area contributed by atoms with Crippen molar-refractivity contribution >= 4 is 0 Å². The van der Waals surface area contributed by atoms with Gasteiger partial charge in [-0.15, -0.1) is 0 Å². The van der Waals surface area contributed by atoms with Gasteiger partial charge in [-0.3, -0.25) is 0 Å². The molecule has 1 fully saturated rings. The van der Waals surface area contributed by atoms with E-state index >= 15 is 0 Å². The number of hydrogen-bond acceptors (Lipinski definition) is 3. The van der Waals surface area contributed by atoms with E-state index in [0.29, 0.717) is 6.10 Å². The van der Waals surface area contributed by atoms with Gasteiger partial charge in [-0.05, 0) is 33.2 Å². The monoisotopic (exact) mass is 196 g/mol. The predicted octanol–water partition coefficient (Wildman–Crippen LogP) is 1.65. The molecule has 2 unspecified atom stereocenters. The summed E-state index contributed by atoms with van der Waals surface area (Å²) in [6.45, 7) is 4.80. The molecular weight excluding hydrogens is 176 g/mol. The highest BCUT2D eigenvalue weighted by Crippen LogP contribution is 2.15. The van der Waals surface area contributed by atoms with Crippen LogP contribution in [0.15, 0.2) is 0 Å². The standard InChI is InChI=1S/C11H20N2O/c1-10(8-12)9-13(2)6-5-11-4-3-7-14-11/h10-11H,3-7,9H2,1-2H3. The van der Waals surface area contributed by atoms with Crippen LogP contribution in [0.5, 0.6) is 0 Å². The van der Waals surface area contributed by atoms with Crippen molar-refractivity contribution in [3.8, 4) is 6.07 Å². The molecular formula is C11H20N2O. The lowest BCUT2D eigenvalue weighted by atomic mass is 10.1. The van der Waals surface area contributed by atoms with E-state index < -0.39 is 0 Å². The fourth-order valence-corrected chi connectivity index (χ4v) is 1.84. The van der Waals surface area contributed by atoms with E-state index in [1.54, 1.807) is 0 Å². The van der Waals surface area contributed by atoms with Crippen molar-refractivity contribution in [3.63, 3.8) is 0 Å². The van der Waals surface area contributed by atoms with E-state index in [1.165, 1.54) is 12.8 Å². The first-order chi connectivity index (χ1) is 6.72. The average Bonchev–Trinajstić information content (AvgIpc) is 2.67. The molecule has 0 aromatic carbocycles. The third-order valence-electron chi connectivity index (χ3n) is 2.66. The summed E-state index contributed by atoms with van der Waals surface area (Å²) in [6, 6.07) is 2.25. The van der Waals surface area contributed by atoms with Crippen LogP contribution in [0.1, 0.15) is 26.2 Å². The maximum atomic E-state index is 8.66. The quantitative estimate of drug-likeness (QED) is 0.670. The van der Waals surface area contributed by atoms with E-state index in [0.717, 1.165) is 26.1 Å². The Morgan fingerprint density at radius 3 is 3.00 bits per heavy atom. The van der Waals surface area contributed by atoms with Crippen molar-refractivity contribution in [1.82, 2.24) is 4.90 Å². The summed E-state index contributed by atoms with van der Waals surface area (Å²) in [6.07, 6.45) is 3.99. The largest absolute Gasteiger partial charge is 0.378 e. The fraction of sp³-hybridized carbons (Fsp3) is 0.909. The minimum absolute atomic E-state index is 0.129. The Hall–Kier alpha value is -0.590. The normalized spacial score (nSPS) is 23.7. The molecule has 0 saturated carbocycles. The maximum absolute atomic E-state index is 8.66. The molecule has 0 spiro atoms. The zero-order valence-electron chi connectivity index (χ0n) is 9.20. The predicted molar refractivity (Wildman–Crippen MR) is 55.9 cm³/mol. The molecule has 1 saturated heterocycles. The van der Waals surface area contributed by atoms with Crippen LogP contribution in [0.25, 0.3) is 0 Å². The van der Waals surface area contributed by atoms with Gasteiger partial charge in [0.2, 0.25) is 0 Å². The molecule has 1 heterocycles. The summed E-state index contributed by atoms with van der Waals surface area (Å²) >= 11 is 0. The molecule has 0 radical (unpaired) electrons. The summed E-state index contributed by atoms with van der Waals surface area (Å²) < 4.78 is 5.54. The van der Waals surface area contributed by atoms with Crippen LogP contribution in [-0.4, -0.2) is 37.7 Å². The molecule has 3 nitrogen and oxygen atoms in total. The van der Waals surface area contributed by atoms with Crippen LogP contribution >= 0.6 is 0 Å². The lowest BCUT2D eigenvalue weighted by Gasteiger charge is -2.19. The van der Waals surface area contributed by atoms with Crippen molar-refractivity contribution in [2.75, 3.05) is 26.7 Å². The first-order valence-electron chi connectivity index (χ1n) is 5.42. The molecule has 1 aliphatic rings. The average molecular weight is 196 g/mol. The Morgan fingerprint density at radius 2 is 2.43 bits per heavy atom. The van der Waals surface area contributed by atoms with Crippen molar-refractivity contribution in [2.45, 2.75) is 32.3 Å². The maximum Gasteiger partial charge on any atom is 0.0666 e. The number of rotatable bonds is 5. The summed E-state index contributed by atoms with van der Waals surface area (Å²) in [7, 11) is 2.07. The molecule has 0 bridgehead atoms. The van der Waals surface area contributed by atoms with E-state index in [2.05, 4.69) is 18.0 Å². The van der Waals surface area contributed by atoms with E-state index in [1.807, 2.05) is 6.92 Å². The topological polar surface area (TPSA) is 36.3 Å². The highest BCUT2D eigenvalue weighted by Gasteiger charge is 2.16. The summed E-state index contributed by atoms with van der Waals surface area (Å²) in [5.41, 5.74) is 0. The Morgan fingerprint density at radius 1 is 1.64 bits per heavy atom. The zero-order chi connectivity index (χ0) is 10.4. The number of hydrogen-bond donors (Lipinski definition) is 0. The molecule has 1 aliphatic heterocycles. The third-order valence-corrected chi connectivity index (χ3v) is 2.66. The van der Waals surface area contributed by atoms with Gasteiger partial charge in [-0.25, -0.2) is 0 Å². The van der Waals surface area contributed by atoms with Crippen LogP contribution in [0, 0.1) is 17.2 Å². The summed E-state index contributed by atoms with van der Waals surface area (Å²) in [5.74, 6) is 0.129. The van der Waals surface area contributed by atoms with Gasteiger partial charge in [0, 0.05) is 19.7 Å². The van der Waals surface area contributed by atoms with Crippen molar-refractivity contribution in [2.24, 2.45) is 5.92 Å². The van der Waals surface area contributed by atoms with E-state index in [9.17, 15) is 0 Å². The van der Waals surface area contributed by atoms with Crippen molar-refractivity contribution < 1.29 is 4.74 Å². The van der Waals surface area contributed by atoms with Gasteiger partial charge >= 0.3 is 0 Å². The molecule has 2 atom stereocenters. The van der Waals surface area contributed by atoms with Crippen LogP contribution in [0.2, 0.25) is 0 Å². The second kappa shape index (κ2) is 6.00. The molecule has 0 aromatic rings. The highest BCUT2D eigenvalue weighted by molar-refractivity contribution is 4.80. The minimum Gasteiger partial charge on any atom is -0.378 e. The van der Waals surface area contributed by atoms with Crippen LogP contribution in [-0.2, 0) is 4.74 Å². The van der Waals surface area contributed by atoms with Crippen molar-refractivity contribution in [3.05, 3.63) is 0 Å². The second-order valence-corrected chi connectivity index (χ2v) is 4.22. The van der Waals surface area contributed by atoms with E-state index in [-0.39, 0.29) is 5.92 Å². The molecule has 0 N–H and O–H groups in total. The number of ether oxygens (including phenoxy) is 1. The lowest BCUT2D eigenvalue weighted by molar-refractivity contribution is 0.0943. The minimum atomic E-state index is 0.129. The number of nitrogens with zero attached hydrogens (tertiary/aromatic N) is 2. The highest BCUT2D eigenvalue weighted by atomic mass is 16.5. The fourth-order valence-electron chi connectivity index (χ4n) is 1.84. The molecule has 1 rings (SSSR count). The van der Waals surface area contributed by atoms with E-state index in [4.69, 9.17) is 10.00 Å². The third kappa shape index (κ3) is 4.08. The molecule has 0 aliphatic carbocycles. The van der Waals surface area contributed by atoms with Gasteiger partial charge in [0.05, 0.1) is 18.1 Å². The molecule has 80 valence electrons. The van der Waals surface area contributed by atoms with Crippen LogP contribution in [0.3, 0.4) is 0 Å². The molecule has 0 aromatic heterocycles.